The van der Waals surface area contributed by atoms with Crippen molar-refractivity contribution in [2.75, 3.05) is 5.75 Å². The highest BCUT2D eigenvalue weighted by Crippen LogP contribution is 2.14. The Labute approximate surface area is 181 Å². The summed E-state index contributed by atoms with van der Waals surface area (Å²) in [5, 5.41) is 11.9. The number of fused-ring (bicyclic) bond motifs is 1. The van der Waals surface area contributed by atoms with Gasteiger partial charge in [0.1, 0.15) is 6.54 Å². The van der Waals surface area contributed by atoms with Gasteiger partial charge in [0.25, 0.3) is 5.69 Å². The van der Waals surface area contributed by atoms with Crippen LogP contribution in [-0.4, -0.2) is 23.6 Å². The van der Waals surface area contributed by atoms with E-state index in [1.54, 1.807) is 12.1 Å². The zero-order valence-electron chi connectivity index (χ0n) is 17.3. The smallest absolute Gasteiger partial charge is 0.269 e. The molecule has 162 valence electrons. The lowest BCUT2D eigenvalue weighted by atomic mass is 10.1. The predicted molar refractivity (Wildman–Crippen MR) is 121 cm³/mol. The monoisotopic (exact) mass is 440 g/mol. The van der Waals surface area contributed by atoms with Crippen LogP contribution in [0, 0.1) is 10.1 Å². The molecule has 0 aliphatic rings. The number of pyridine rings is 1. The largest absolute Gasteiger partial charge is 0.748 e. The van der Waals surface area contributed by atoms with E-state index in [4.69, 9.17) is 0 Å². The molecule has 0 saturated heterocycles. The van der Waals surface area contributed by atoms with E-state index in [-0.39, 0.29) is 11.4 Å². The molecular formula is C23H24N2O5S. The fraction of sp³-hybridized carbons (Fsp3) is 0.174. The third-order valence-corrected chi connectivity index (χ3v) is 5.12. The molecule has 0 amide bonds. The van der Waals surface area contributed by atoms with Gasteiger partial charge >= 0.3 is 0 Å². The molecule has 0 bridgehead atoms. The van der Waals surface area contributed by atoms with E-state index in [1.165, 1.54) is 30.0 Å². The number of rotatable bonds is 6. The van der Waals surface area contributed by atoms with E-state index in [2.05, 4.69) is 47.9 Å². The normalized spacial score (nSPS) is 11.6. The van der Waals surface area contributed by atoms with E-state index < -0.39 is 15.0 Å². The minimum Gasteiger partial charge on any atom is -0.748 e. The maximum Gasteiger partial charge on any atom is 0.269 e. The van der Waals surface area contributed by atoms with Crippen molar-refractivity contribution in [3.8, 4) is 0 Å². The van der Waals surface area contributed by atoms with Crippen LogP contribution in [0.3, 0.4) is 0 Å². The van der Waals surface area contributed by atoms with Crippen LogP contribution in [0.15, 0.2) is 72.8 Å². The Morgan fingerprint density at radius 3 is 2.13 bits per heavy atom. The molecule has 0 spiro atoms. The van der Waals surface area contributed by atoms with Crippen LogP contribution in [0.5, 0.6) is 0 Å². The average Bonchev–Trinajstić information content (AvgIpc) is 2.76. The number of allylic oxidation sites excluding steroid dienone is 2. The van der Waals surface area contributed by atoms with Gasteiger partial charge in [0, 0.05) is 41.5 Å². The Morgan fingerprint density at radius 2 is 1.55 bits per heavy atom. The van der Waals surface area contributed by atoms with Gasteiger partial charge in [-0.2, -0.15) is 4.57 Å². The van der Waals surface area contributed by atoms with Crippen molar-refractivity contribution in [3.63, 3.8) is 0 Å². The number of benzene rings is 2. The number of nitro groups is 1. The van der Waals surface area contributed by atoms with Crippen molar-refractivity contribution in [3.05, 3.63) is 94.2 Å². The Hall–Kier alpha value is -3.36. The van der Waals surface area contributed by atoms with E-state index in [0.29, 0.717) is 0 Å². The topological polar surface area (TPSA) is 104 Å². The quantitative estimate of drug-likeness (QED) is 0.186. The first-order valence-corrected chi connectivity index (χ1v) is 11.3. The molecule has 0 atom stereocenters. The molecular weight excluding hydrogens is 416 g/mol. The lowest BCUT2D eigenvalue weighted by molar-refractivity contribution is -0.669. The summed E-state index contributed by atoms with van der Waals surface area (Å²) in [7, 11) is -3.91. The third kappa shape index (κ3) is 7.44. The van der Waals surface area contributed by atoms with Crippen molar-refractivity contribution in [1.29, 1.82) is 0 Å². The van der Waals surface area contributed by atoms with Gasteiger partial charge in [-0.1, -0.05) is 37.3 Å². The molecule has 1 aromatic heterocycles. The van der Waals surface area contributed by atoms with Crippen LogP contribution in [0.25, 0.3) is 23.1 Å². The van der Waals surface area contributed by atoms with Gasteiger partial charge in [-0.15, -0.1) is 0 Å². The first-order chi connectivity index (χ1) is 14.7. The summed E-state index contributed by atoms with van der Waals surface area (Å²) in [6.45, 7) is 4.34. The lowest BCUT2D eigenvalue weighted by Crippen LogP contribution is -2.36. The molecule has 31 heavy (non-hydrogen) atoms. The van der Waals surface area contributed by atoms with Crippen LogP contribution >= 0.6 is 0 Å². The number of nitrogens with zero attached hydrogens (tertiary/aromatic N) is 2. The molecule has 3 aromatic rings. The zero-order valence-corrected chi connectivity index (χ0v) is 18.2. The number of nitro benzene ring substituents is 1. The second-order valence-corrected chi connectivity index (χ2v) is 8.17. The summed E-state index contributed by atoms with van der Waals surface area (Å²) in [5.74, 6) is -0.312. The summed E-state index contributed by atoms with van der Waals surface area (Å²) in [4.78, 5) is 10.3. The molecule has 1 heterocycles. The maximum absolute atomic E-state index is 10.7. The molecule has 2 aromatic carbocycles. The van der Waals surface area contributed by atoms with Crippen molar-refractivity contribution in [1.82, 2.24) is 0 Å². The molecule has 0 saturated carbocycles. The number of hydrogen-bond donors (Lipinski definition) is 0. The van der Waals surface area contributed by atoms with Crippen LogP contribution in [-0.2, 0) is 16.7 Å². The molecule has 0 fully saturated rings. The van der Waals surface area contributed by atoms with E-state index in [1.807, 2.05) is 24.3 Å². The van der Waals surface area contributed by atoms with Crippen LogP contribution in [0.2, 0.25) is 0 Å². The van der Waals surface area contributed by atoms with Crippen molar-refractivity contribution >= 4 is 38.9 Å². The Balaban J connectivity index is 0.000000501. The number of hydrogen-bond acceptors (Lipinski definition) is 5. The Bertz CT molecular complexity index is 1200. The minimum absolute atomic E-state index is 0.104. The predicted octanol–water partition coefficient (Wildman–Crippen LogP) is 4.33. The van der Waals surface area contributed by atoms with Crippen molar-refractivity contribution in [2.24, 2.45) is 0 Å². The van der Waals surface area contributed by atoms with E-state index >= 15 is 0 Å². The van der Waals surface area contributed by atoms with Crippen LogP contribution in [0.4, 0.5) is 5.69 Å². The first kappa shape index (κ1) is 23.9. The van der Waals surface area contributed by atoms with Gasteiger partial charge in [-0.05, 0) is 36.8 Å². The van der Waals surface area contributed by atoms with Crippen molar-refractivity contribution in [2.45, 2.75) is 20.4 Å². The summed E-state index contributed by atoms with van der Waals surface area (Å²) in [6.07, 6.45) is 7.92. The molecule has 3 rings (SSSR count). The highest BCUT2D eigenvalue weighted by Gasteiger charge is 2.10. The number of aromatic nitrogens is 1. The highest BCUT2D eigenvalue weighted by molar-refractivity contribution is 7.85. The average molecular weight is 441 g/mol. The van der Waals surface area contributed by atoms with Gasteiger partial charge in [-0.3, -0.25) is 10.1 Å². The summed E-state index contributed by atoms with van der Waals surface area (Å²) in [6, 6.07) is 19.1. The van der Waals surface area contributed by atoms with Gasteiger partial charge in [0.15, 0.2) is 0 Å². The van der Waals surface area contributed by atoms with Gasteiger partial charge in [0.05, 0.1) is 15.0 Å². The van der Waals surface area contributed by atoms with Crippen LogP contribution < -0.4 is 4.57 Å². The second-order valence-electron chi connectivity index (χ2n) is 6.47. The SMILES string of the molecule is CCS(=O)(=O)[O-].CC[n+]1c(/C=C/C=C/c2ccc([N+](=O)[O-])cc2)ccc2ccccc21. The van der Waals surface area contributed by atoms with Gasteiger partial charge < -0.3 is 4.55 Å². The summed E-state index contributed by atoms with van der Waals surface area (Å²) >= 11 is 0. The Morgan fingerprint density at radius 1 is 0.935 bits per heavy atom. The molecule has 0 unspecified atom stereocenters. The summed E-state index contributed by atoms with van der Waals surface area (Å²) in [5.41, 5.74) is 3.38. The third-order valence-electron chi connectivity index (χ3n) is 4.41. The van der Waals surface area contributed by atoms with Crippen LogP contribution in [0.1, 0.15) is 25.1 Å². The first-order valence-electron chi connectivity index (χ1n) is 9.69. The maximum atomic E-state index is 10.7. The zero-order chi connectivity index (χ0) is 22.9. The number of para-hydroxylation sites is 1. The molecule has 7 nitrogen and oxygen atoms in total. The molecule has 0 radical (unpaired) electrons. The lowest BCUT2D eigenvalue weighted by Gasteiger charge is -2.02. The standard InChI is InChI=1S/C21H19N2O2.C2H6O3S/c1-2-22-19(16-13-18-8-4-6-10-21(18)22)9-5-3-7-17-11-14-20(15-12-17)23(24)25;1-2-6(3,4)5/h3-16H,2H2,1H3;2H2,1H3,(H,3,4,5)/q+1;/p-1/b7-3+,9-5+;. The number of non-ortho nitro benzene ring substituents is 1. The van der Waals surface area contributed by atoms with E-state index in [9.17, 15) is 23.1 Å². The Kier molecular flexibility index (Phi) is 8.60. The van der Waals surface area contributed by atoms with E-state index in [0.717, 1.165) is 17.8 Å². The second kappa shape index (κ2) is 11.1. The number of aryl methyl sites for hydroxylation is 1. The summed E-state index contributed by atoms with van der Waals surface area (Å²) < 4.78 is 30.6. The molecule has 0 aliphatic heterocycles. The highest BCUT2D eigenvalue weighted by atomic mass is 32.2. The molecule has 8 heteroatoms. The minimum atomic E-state index is -3.91. The van der Waals surface area contributed by atoms with Crippen molar-refractivity contribution < 1.29 is 22.5 Å². The fourth-order valence-corrected chi connectivity index (χ4v) is 2.80. The van der Waals surface area contributed by atoms with Gasteiger partial charge in [-0.25, -0.2) is 8.42 Å². The molecule has 0 aliphatic carbocycles. The fourth-order valence-electron chi connectivity index (χ4n) is 2.80. The van der Waals surface area contributed by atoms with Gasteiger partial charge in [0.2, 0.25) is 11.2 Å². The molecule has 0 N–H and O–H groups in total.